The van der Waals surface area contributed by atoms with Crippen molar-refractivity contribution in [2.24, 2.45) is 0 Å². The van der Waals surface area contributed by atoms with Crippen molar-refractivity contribution in [2.45, 2.75) is 6.42 Å². The van der Waals surface area contributed by atoms with Gasteiger partial charge in [0.15, 0.2) is 0 Å². The van der Waals surface area contributed by atoms with Crippen molar-refractivity contribution in [3.63, 3.8) is 0 Å². The number of benzene rings is 1. The molecule has 0 aliphatic carbocycles. The molecule has 0 radical (unpaired) electrons. The summed E-state index contributed by atoms with van der Waals surface area (Å²) >= 11 is 0. The average Bonchev–Trinajstić information content (AvgIpc) is 2.20. The van der Waals surface area contributed by atoms with E-state index in [1.54, 1.807) is 0 Å². The number of aromatic carboxylic acids is 1. The van der Waals surface area contributed by atoms with Crippen LogP contribution < -0.4 is 0 Å². The van der Waals surface area contributed by atoms with E-state index in [2.05, 4.69) is 11.8 Å². The van der Waals surface area contributed by atoms with Crippen molar-refractivity contribution >= 4 is 5.97 Å². The van der Waals surface area contributed by atoms with Gasteiger partial charge >= 0.3 is 5.97 Å². The topological polar surface area (TPSA) is 57.5 Å². The first kappa shape index (κ1) is 11.2. The van der Waals surface area contributed by atoms with Crippen LogP contribution in [0.3, 0.4) is 0 Å². The van der Waals surface area contributed by atoms with Crippen LogP contribution in [0.15, 0.2) is 18.2 Å². The summed E-state index contributed by atoms with van der Waals surface area (Å²) in [6.07, 6.45) is 0.188. The van der Waals surface area contributed by atoms with Crippen LogP contribution in [0.2, 0.25) is 0 Å². The summed E-state index contributed by atoms with van der Waals surface area (Å²) in [4.78, 5) is 10.7. The molecule has 0 saturated carbocycles. The summed E-state index contributed by atoms with van der Waals surface area (Å²) in [6, 6.07) is 3.75. The van der Waals surface area contributed by atoms with Gasteiger partial charge in [-0.25, -0.2) is 9.18 Å². The number of halogens is 1. The van der Waals surface area contributed by atoms with Crippen molar-refractivity contribution in [3.05, 3.63) is 35.1 Å². The van der Waals surface area contributed by atoms with Crippen LogP contribution in [0.4, 0.5) is 4.39 Å². The maximum Gasteiger partial charge on any atom is 0.337 e. The van der Waals surface area contributed by atoms with Crippen LogP contribution in [-0.4, -0.2) is 22.8 Å². The summed E-state index contributed by atoms with van der Waals surface area (Å²) in [5.74, 6) is 3.00. The number of carbonyl (C=O) groups is 1. The molecule has 0 aliphatic heterocycles. The molecule has 1 rings (SSSR count). The maximum atomic E-state index is 13.2. The van der Waals surface area contributed by atoms with Gasteiger partial charge in [-0.1, -0.05) is 17.9 Å². The quantitative estimate of drug-likeness (QED) is 0.719. The van der Waals surface area contributed by atoms with E-state index in [4.69, 9.17) is 10.2 Å². The first-order valence-electron chi connectivity index (χ1n) is 4.28. The number of hydrogen-bond acceptors (Lipinski definition) is 2. The van der Waals surface area contributed by atoms with Gasteiger partial charge in [0.1, 0.15) is 5.82 Å². The predicted molar refractivity (Wildman–Crippen MR) is 51.9 cm³/mol. The molecule has 0 aliphatic rings. The zero-order valence-corrected chi connectivity index (χ0v) is 7.83. The van der Waals surface area contributed by atoms with Gasteiger partial charge in [0.2, 0.25) is 0 Å². The Bertz CT molecular complexity index is 429. The molecule has 0 unspecified atom stereocenters. The SMILES string of the molecule is O=C(O)c1cccc(F)c1C#CCCO. The van der Waals surface area contributed by atoms with Crippen LogP contribution in [-0.2, 0) is 0 Å². The molecule has 0 aromatic heterocycles. The zero-order valence-electron chi connectivity index (χ0n) is 7.83. The van der Waals surface area contributed by atoms with Crippen molar-refractivity contribution < 1.29 is 19.4 Å². The molecule has 15 heavy (non-hydrogen) atoms. The fourth-order valence-corrected chi connectivity index (χ4v) is 1.04. The monoisotopic (exact) mass is 208 g/mol. The van der Waals surface area contributed by atoms with Crippen LogP contribution in [0.1, 0.15) is 22.3 Å². The molecule has 0 amide bonds. The number of aliphatic hydroxyl groups is 1. The fourth-order valence-electron chi connectivity index (χ4n) is 1.04. The molecule has 1 aromatic rings. The lowest BCUT2D eigenvalue weighted by molar-refractivity contribution is 0.0696. The van der Waals surface area contributed by atoms with E-state index in [1.807, 2.05) is 0 Å². The fraction of sp³-hybridized carbons (Fsp3) is 0.182. The lowest BCUT2D eigenvalue weighted by Gasteiger charge is -1.99. The van der Waals surface area contributed by atoms with Gasteiger partial charge in [-0.3, -0.25) is 0 Å². The minimum atomic E-state index is -1.22. The van der Waals surface area contributed by atoms with Gasteiger partial charge in [-0.2, -0.15) is 0 Å². The highest BCUT2D eigenvalue weighted by atomic mass is 19.1. The molecule has 0 heterocycles. The number of carboxylic acid groups (broad SMARTS) is 1. The summed E-state index contributed by atoms with van der Waals surface area (Å²) in [5, 5.41) is 17.2. The van der Waals surface area contributed by atoms with Crippen LogP contribution >= 0.6 is 0 Å². The number of carboxylic acids is 1. The van der Waals surface area contributed by atoms with Gasteiger partial charge in [0.25, 0.3) is 0 Å². The summed E-state index contributed by atoms with van der Waals surface area (Å²) in [6.45, 7) is -0.135. The minimum Gasteiger partial charge on any atom is -0.478 e. The number of hydrogen-bond donors (Lipinski definition) is 2. The maximum absolute atomic E-state index is 13.2. The predicted octanol–water partition coefficient (Wildman–Crippen LogP) is 1.26. The average molecular weight is 208 g/mol. The Morgan fingerprint density at radius 1 is 1.47 bits per heavy atom. The molecule has 2 N–H and O–H groups in total. The normalized spacial score (nSPS) is 9.20. The zero-order chi connectivity index (χ0) is 11.3. The van der Waals surface area contributed by atoms with E-state index in [9.17, 15) is 9.18 Å². The molecular formula is C11H9FO3. The van der Waals surface area contributed by atoms with Crippen molar-refractivity contribution in [2.75, 3.05) is 6.61 Å². The van der Waals surface area contributed by atoms with Gasteiger partial charge in [0.05, 0.1) is 17.7 Å². The summed E-state index contributed by atoms with van der Waals surface area (Å²) in [5.41, 5.74) is -0.307. The van der Waals surface area contributed by atoms with Gasteiger partial charge in [0, 0.05) is 6.42 Å². The van der Waals surface area contributed by atoms with E-state index in [-0.39, 0.29) is 24.2 Å². The molecule has 4 heteroatoms. The molecule has 0 atom stereocenters. The minimum absolute atomic E-state index is 0.135. The van der Waals surface area contributed by atoms with E-state index in [1.165, 1.54) is 12.1 Å². The summed E-state index contributed by atoms with van der Waals surface area (Å²) in [7, 11) is 0. The highest BCUT2D eigenvalue weighted by Crippen LogP contribution is 2.12. The Kier molecular flexibility index (Phi) is 3.83. The van der Waals surface area contributed by atoms with Crippen molar-refractivity contribution in [1.82, 2.24) is 0 Å². The Morgan fingerprint density at radius 2 is 2.20 bits per heavy atom. The lowest BCUT2D eigenvalue weighted by atomic mass is 10.1. The third kappa shape index (κ3) is 2.79. The standard InChI is InChI=1S/C11H9FO3/c12-10-6-3-5-9(11(14)15)8(10)4-1-2-7-13/h3,5-6,13H,2,7H2,(H,14,15). The third-order valence-corrected chi connectivity index (χ3v) is 1.69. The molecule has 78 valence electrons. The van der Waals surface area contributed by atoms with Crippen LogP contribution in [0.5, 0.6) is 0 Å². The van der Waals surface area contributed by atoms with Crippen molar-refractivity contribution in [1.29, 1.82) is 0 Å². The van der Waals surface area contributed by atoms with Gasteiger partial charge in [-0.15, -0.1) is 0 Å². The molecule has 1 aromatic carbocycles. The molecule has 0 spiro atoms. The van der Waals surface area contributed by atoms with Crippen molar-refractivity contribution in [3.8, 4) is 11.8 Å². The lowest BCUT2D eigenvalue weighted by Crippen LogP contribution is -2.02. The van der Waals surface area contributed by atoms with E-state index < -0.39 is 11.8 Å². The Labute approximate surface area is 86.2 Å². The molecular weight excluding hydrogens is 199 g/mol. The first-order chi connectivity index (χ1) is 7.16. The summed E-state index contributed by atoms with van der Waals surface area (Å²) < 4.78 is 13.2. The highest BCUT2D eigenvalue weighted by molar-refractivity contribution is 5.90. The first-order valence-corrected chi connectivity index (χ1v) is 4.28. The largest absolute Gasteiger partial charge is 0.478 e. The highest BCUT2D eigenvalue weighted by Gasteiger charge is 2.11. The second kappa shape index (κ2) is 5.13. The van der Waals surface area contributed by atoms with E-state index in [0.29, 0.717) is 0 Å². The number of rotatable bonds is 2. The smallest absolute Gasteiger partial charge is 0.337 e. The molecule has 0 fully saturated rings. The Morgan fingerprint density at radius 3 is 2.80 bits per heavy atom. The van der Waals surface area contributed by atoms with Crippen LogP contribution in [0, 0.1) is 17.7 Å². The molecule has 0 bridgehead atoms. The van der Waals surface area contributed by atoms with Gasteiger partial charge in [-0.05, 0) is 12.1 Å². The van der Waals surface area contributed by atoms with E-state index in [0.717, 1.165) is 6.07 Å². The Balaban J connectivity index is 3.15. The van der Waals surface area contributed by atoms with Gasteiger partial charge < -0.3 is 10.2 Å². The second-order valence-corrected chi connectivity index (χ2v) is 2.74. The van der Waals surface area contributed by atoms with E-state index >= 15 is 0 Å². The molecule has 3 nitrogen and oxygen atoms in total. The number of aliphatic hydroxyl groups excluding tert-OH is 1. The molecule has 0 saturated heterocycles. The Hall–Kier alpha value is -1.86. The van der Waals surface area contributed by atoms with Crippen LogP contribution in [0.25, 0.3) is 0 Å². The second-order valence-electron chi connectivity index (χ2n) is 2.74. The third-order valence-electron chi connectivity index (χ3n) is 1.69.